The molecule has 6 heteroatoms. The van der Waals surface area contributed by atoms with Crippen LogP contribution in [0.3, 0.4) is 0 Å². The van der Waals surface area contributed by atoms with Crippen LogP contribution in [0.2, 0.25) is 0 Å². The van der Waals surface area contributed by atoms with Crippen LogP contribution in [-0.4, -0.2) is 34.0 Å². The van der Waals surface area contributed by atoms with Gasteiger partial charge < -0.3 is 10.4 Å². The predicted octanol–water partition coefficient (Wildman–Crippen LogP) is 2.22. The summed E-state index contributed by atoms with van der Waals surface area (Å²) >= 11 is 0. The number of aliphatic hydroxyl groups is 1. The average Bonchev–Trinajstić information content (AvgIpc) is 2.73. The molecule has 1 aromatic rings. The minimum absolute atomic E-state index is 0.0538. The number of amides is 3. The maximum atomic E-state index is 12.9. The second-order valence-corrected chi connectivity index (χ2v) is 5.89. The molecule has 3 amide bonds. The molecule has 120 valence electrons. The van der Waals surface area contributed by atoms with Gasteiger partial charge in [0.15, 0.2) is 0 Å². The molecule has 1 aliphatic rings. The number of hydrogen-bond donors (Lipinski definition) is 2. The van der Waals surface area contributed by atoms with Crippen molar-refractivity contribution >= 4 is 11.9 Å². The molecule has 1 fully saturated rings. The van der Waals surface area contributed by atoms with Gasteiger partial charge in [-0.15, -0.1) is 0 Å². The Balaban J connectivity index is 2.17. The number of rotatable bonds is 5. The summed E-state index contributed by atoms with van der Waals surface area (Å²) < 4.78 is 12.9. The molecule has 5 nitrogen and oxygen atoms in total. The molecule has 0 saturated carbocycles. The van der Waals surface area contributed by atoms with Crippen LogP contribution in [0.1, 0.15) is 38.9 Å². The highest BCUT2D eigenvalue weighted by Crippen LogP contribution is 2.30. The zero-order valence-corrected chi connectivity index (χ0v) is 13.0. The van der Waals surface area contributed by atoms with Crippen molar-refractivity contribution in [3.05, 3.63) is 35.6 Å². The Morgan fingerprint density at radius 3 is 2.32 bits per heavy atom. The fourth-order valence-corrected chi connectivity index (χ4v) is 2.81. The minimum atomic E-state index is -1.05. The second-order valence-electron chi connectivity index (χ2n) is 5.89. The van der Waals surface area contributed by atoms with Crippen LogP contribution in [0.4, 0.5) is 9.18 Å². The highest BCUT2D eigenvalue weighted by Gasteiger charge is 2.52. The molecular formula is C16H21FN2O3. The van der Waals surface area contributed by atoms with Crippen LogP contribution in [0.5, 0.6) is 0 Å². The lowest BCUT2D eigenvalue weighted by Gasteiger charge is -2.29. The van der Waals surface area contributed by atoms with E-state index in [4.69, 9.17) is 0 Å². The fourth-order valence-electron chi connectivity index (χ4n) is 2.81. The molecule has 0 aromatic heterocycles. The third kappa shape index (κ3) is 2.70. The van der Waals surface area contributed by atoms with Crippen LogP contribution in [-0.2, 0) is 4.79 Å². The quantitative estimate of drug-likeness (QED) is 0.819. The Labute approximate surface area is 129 Å². The van der Waals surface area contributed by atoms with E-state index >= 15 is 0 Å². The van der Waals surface area contributed by atoms with E-state index in [-0.39, 0.29) is 18.4 Å². The molecule has 1 aliphatic heterocycles. The Kier molecular flexibility index (Phi) is 4.51. The molecule has 0 spiro atoms. The van der Waals surface area contributed by atoms with Gasteiger partial charge in [0.05, 0.1) is 12.6 Å². The first-order chi connectivity index (χ1) is 10.3. The number of hydrogen-bond acceptors (Lipinski definition) is 3. The Morgan fingerprint density at radius 2 is 1.86 bits per heavy atom. The third-order valence-electron chi connectivity index (χ3n) is 4.36. The van der Waals surface area contributed by atoms with E-state index in [0.717, 1.165) is 4.90 Å². The van der Waals surface area contributed by atoms with Crippen LogP contribution >= 0.6 is 0 Å². The zero-order valence-electron chi connectivity index (χ0n) is 13.0. The van der Waals surface area contributed by atoms with Crippen LogP contribution in [0.25, 0.3) is 0 Å². The number of β-amino-alcohol motifs (C(OH)–C–C–N with tert-alkyl or cyclic N) is 1. The molecule has 22 heavy (non-hydrogen) atoms. The first-order valence-corrected chi connectivity index (χ1v) is 7.39. The van der Waals surface area contributed by atoms with Crippen molar-refractivity contribution < 1.29 is 19.1 Å². The summed E-state index contributed by atoms with van der Waals surface area (Å²) in [5, 5.41) is 12.9. The summed E-state index contributed by atoms with van der Waals surface area (Å²) in [5.74, 6) is -0.783. The van der Waals surface area contributed by atoms with E-state index in [1.165, 1.54) is 24.3 Å². The lowest BCUT2D eigenvalue weighted by molar-refractivity contribution is -0.134. The molecule has 0 bridgehead atoms. The normalized spacial score (nSPS) is 23.1. The third-order valence-corrected chi connectivity index (χ3v) is 4.36. The maximum Gasteiger partial charge on any atom is 0.325 e. The molecule has 1 saturated heterocycles. The van der Waals surface area contributed by atoms with Crippen LogP contribution in [0, 0.1) is 11.7 Å². The minimum Gasteiger partial charge on any atom is -0.387 e. The molecule has 2 unspecified atom stereocenters. The summed E-state index contributed by atoms with van der Waals surface area (Å²) in [7, 11) is 0. The SMILES string of the molecule is CCC1(C(C)C)NC(=O)N(CC(O)c2ccc(F)cc2)C1=O. The number of aliphatic hydroxyl groups excluding tert-OH is 1. The molecule has 0 aliphatic carbocycles. The van der Waals surface area contributed by atoms with Crippen molar-refractivity contribution in [3.8, 4) is 0 Å². The van der Waals surface area contributed by atoms with Gasteiger partial charge in [-0.3, -0.25) is 9.69 Å². The Hall–Kier alpha value is -1.95. The van der Waals surface area contributed by atoms with Crippen molar-refractivity contribution in [2.75, 3.05) is 6.54 Å². The Morgan fingerprint density at radius 1 is 1.27 bits per heavy atom. The van der Waals surface area contributed by atoms with E-state index in [1.807, 2.05) is 20.8 Å². The predicted molar refractivity (Wildman–Crippen MR) is 79.5 cm³/mol. The van der Waals surface area contributed by atoms with Crippen molar-refractivity contribution in [3.63, 3.8) is 0 Å². The Bertz CT molecular complexity index is 573. The molecule has 1 heterocycles. The number of nitrogens with one attached hydrogen (secondary N) is 1. The number of imide groups is 1. The first kappa shape index (κ1) is 16.4. The van der Waals surface area contributed by atoms with E-state index in [1.54, 1.807) is 0 Å². The van der Waals surface area contributed by atoms with E-state index in [9.17, 15) is 19.1 Å². The number of benzene rings is 1. The summed E-state index contributed by atoms with van der Waals surface area (Å²) in [6.45, 7) is 5.45. The molecule has 2 rings (SSSR count). The molecular weight excluding hydrogens is 287 g/mol. The molecule has 1 aromatic carbocycles. The summed E-state index contributed by atoms with van der Waals surface area (Å²) in [4.78, 5) is 25.7. The molecule has 0 radical (unpaired) electrons. The van der Waals surface area contributed by atoms with Crippen LogP contribution < -0.4 is 5.32 Å². The topological polar surface area (TPSA) is 69.6 Å². The molecule has 2 atom stereocenters. The van der Waals surface area contributed by atoms with Crippen molar-refractivity contribution in [1.82, 2.24) is 10.2 Å². The van der Waals surface area contributed by atoms with Gasteiger partial charge in [-0.25, -0.2) is 9.18 Å². The van der Waals surface area contributed by atoms with Crippen molar-refractivity contribution in [2.24, 2.45) is 5.92 Å². The van der Waals surface area contributed by atoms with Gasteiger partial charge >= 0.3 is 6.03 Å². The lowest BCUT2D eigenvalue weighted by atomic mass is 9.84. The van der Waals surface area contributed by atoms with Gasteiger partial charge in [0.25, 0.3) is 5.91 Å². The number of carbonyl (C=O) groups excluding carboxylic acids is 2. The maximum absolute atomic E-state index is 12.9. The summed E-state index contributed by atoms with van der Waals surface area (Å²) in [6.07, 6.45) is -0.562. The highest BCUT2D eigenvalue weighted by atomic mass is 19.1. The smallest absolute Gasteiger partial charge is 0.325 e. The monoisotopic (exact) mass is 308 g/mol. The van der Waals surface area contributed by atoms with Gasteiger partial charge in [0, 0.05) is 0 Å². The number of carbonyl (C=O) groups is 2. The van der Waals surface area contributed by atoms with E-state index in [2.05, 4.69) is 5.32 Å². The number of urea groups is 1. The van der Waals surface area contributed by atoms with Crippen LogP contribution in [0.15, 0.2) is 24.3 Å². The van der Waals surface area contributed by atoms with Crippen molar-refractivity contribution in [2.45, 2.75) is 38.8 Å². The fraction of sp³-hybridized carbons (Fsp3) is 0.500. The van der Waals surface area contributed by atoms with Crippen molar-refractivity contribution in [1.29, 1.82) is 0 Å². The summed E-state index contributed by atoms with van der Waals surface area (Å²) in [5.41, 5.74) is -0.458. The second kappa shape index (κ2) is 6.04. The first-order valence-electron chi connectivity index (χ1n) is 7.39. The standard InChI is InChI=1S/C16H21FN2O3/c1-4-16(10(2)3)14(21)19(15(22)18-16)9-13(20)11-5-7-12(17)8-6-11/h5-8,10,13,20H,4,9H2,1-3H3,(H,18,22). The molecule has 2 N–H and O–H groups in total. The van der Waals surface area contributed by atoms with Gasteiger partial charge in [0.2, 0.25) is 0 Å². The van der Waals surface area contributed by atoms with Gasteiger partial charge in [-0.2, -0.15) is 0 Å². The van der Waals surface area contributed by atoms with E-state index < -0.39 is 23.5 Å². The summed E-state index contributed by atoms with van der Waals surface area (Å²) in [6, 6.07) is 4.84. The largest absolute Gasteiger partial charge is 0.387 e. The average molecular weight is 308 g/mol. The van der Waals surface area contributed by atoms with E-state index in [0.29, 0.717) is 12.0 Å². The number of halogens is 1. The highest BCUT2D eigenvalue weighted by molar-refractivity contribution is 6.07. The van der Waals surface area contributed by atoms with Gasteiger partial charge in [0.1, 0.15) is 11.4 Å². The lowest BCUT2D eigenvalue weighted by Crippen LogP contribution is -2.51. The van der Waals surface area contributed by atoms with Gasteiger partial charge in [-0.05, 0) is 30.0 Å². The number of nitrogens with zero attached hydrogens (tertiary/aromatic N) is 1. The van der Waals surface area contributed by atoms with Gasteiger partial charge in [-0.1, -0.05) is 32.9 Å². The zero-order chi connectivity index (χ0) is 16.5.